The van der Waals surface area contributed by atoms with Crippen molar-refractivity contribution in [3.63, 3.8) is 0 Å². The van der Waals surface area contributed by atoms with E-state index in [1.165, 1.54) is 32.1 Å². The van der Waals surface area contributed by atoms with Gasteiger partial charge in [-0.3, -0.25) is 0 Å². The van der Waals surface area contributed by atoms with Crippen molar-refractivity contribution in [1.29, 1.82) is 0 Å². The van der Waals surface area contributed by atoms with Gasteiger partial charge in [-0.1, -0.05) is 32.6 Å². The van der Waals surface area contributed by atoms with Crippen LogP contribution in [0.15, 0.2) is 0 Å². The van der Waals surface area contributed by atoms with E-state index in [0.717, 1.165) is 13.1 Å². The van der Waals surface area contributed by atoms with Crippen LogP contribution >= 0.6 is 0 Å². The van der Waals surface area contributed by atoms with E-state index in [0.29, 0.717) is 0 Å². The summed E-state index contributed by atoms with van der Waals surface area (Å²) in [6.45, 7) is 6.00. The lowest BCUT2D eigenvalue weighted by Crippen LogP contribution is -2.28. The second-order valence-electron chi connectivity index (χ2n) is 4.03. The minimum Gasteiger partial charge on any atom is -0.392 e. The second kappa shape index (κ2) is 8.52. The predicted molar refractivity (Wildman–Crippen MR) is 57.9 cm³/mol. The van der Waals surface area contributed by atoms with Crippen molar-refractivity contribution in [2.75, 3.05) is 20.1 Å². The predicted octanol–water partition coefficient (Wildman–Crippen LogP) is 2.27. The summed E-state index contributed by atoms with van der Waals surface area (Å²) < 4.78 is 0. The molecule has 2 heteroatoms. The summed E-state index contributed by atoms with van der Waals surface area (Å²) in [5.74, 6) is 0. The Morgan fingerprint density at radius 1 is 1.15 bits per heavy atom. The maximum atomic E-state index is 9.12. The minimum atomic E-state index is -0.194. The van der Waals surface area contributed by atoms with Crippen LogP contribution in [0.4, 0.5) is 0 Å². The van der Waals surface area contributed by atoms with Crippen LogP contribution in [0.5, 0.6) is 0 Å². The highest BCUT2D eigenvalue weighted by Crippen LogP contribution is 2.03. The Hall–Kier alpha value is -0.0800. The SMILES string of the molecule is CCCCCCCN(C)CC(C)O. The Bertz CT molecular complexity index is 104. The Morgan fingerprint density at radius 2 is 1.77 bits per heavy atom. The molecule has 0 radical (unpaired) electrons. The quantitative estimate of drug-likeness (QED) is 0.589. The van der Waals surface area contributed by atoms with Gasteiger partial charge in [0.2, 0.25) is 0 Å². The zero-order valence-corrected chi connectivity index (χ0v) is 9.42. The highest BCUT2D eigenvalue weighted by Gasteiger charge is 2.01. The number of likely N-dealkylation sites (N-methyl/N-ethyl adjacent to an activating group) is 1. The topological polar surface area (TPSA) is 23.5 Å². The van der Waals surface area contributed by atoms with E-state index in [4.69, 9.17) is 5.11 Å². The molecule has 2 nitrogen and oxygen atoms in total. The highest BCUT2D eigenvalue weighted by atomic mass is 16.3. The number of aliphatic hydroxyl groups is 1. The Morgan fingerprint density at radius 3 is 2.31 bits per heavy atom. The standard InChI is InChI=1S/C11H25NO/c1-4-5-6-7-8-9-12(3)10-11(2)13/h11,13H,4-10H2,1-3H3. The summed E-state index contributed by atoms with van der Waals surface area (Å²) >= 11 is 0. The maximum absolute atomic E-state index is 9.12. The molecule has 0 aromatic heterocycles. The summed E-state index contributed by atoms with van der Waals surface area (Å²) in [6, 6.07) is 0. The average Bonchev–Trinajstić information content (AvgIpc) is 2.02. The molecule has 0 aliphatic carbocycles. The Labute approximate surface area is 82.9 Å². The molecule has 0 saturated carbocycles. The Balaban J connectivity index is 3.12. The van der Waals surface area contributed by atoms with Crippen LogP contribution in [0.25, 0.3) is 0 Å². The van der Waals surface area contributed by atoms with E-state index in [-0.39, 0.29) is 6.10 Å². The van der Waals surface area contributed by atoms with Gasteiger partial charge in [0.1, 0.15) is 0 Å². The van der Waals surface area contributed by atoms with Gasteiger partial charge in [0, 0.05) is 6.54 Å². The van der Waals surface area contributed by atoms with Crippen molar-refractivity contribution in [3.05, 3.63) is 0 Å². The largest absolute Gasteiger partial charge is 0.392 e. The molecular weight excluding hydrogens is 162 g/mol. The molecule has 0 saturated heterocycles. The maximum Gasteiger partial charge on any atom is 0.0638 e. The molecule has 0 aromatic rings. The first-order chi connectivity index (χ1) is 6.16. The first kappa shape index (κ1) is 12.9. The van der Waals surface area contributed by atoms with Crippen LogP contribution in [0.2, 0.25) is 0 Å². The highest BCUT2D eigenvalue weighted by molar-refractivity contribution is 4.56. The summed E-state index contributed by atoms with van der Waals surface area (Å²) in [6.07, 6.45) is 6.43. The van der Waals surface area contributed by atoms with Crippen molar-refractivity contribution in [2.45, 2.75) is 52.1 Å². The molecule has 0 spiro atoms. The molecule has 0 fully saturated rings. The van der Waals surface area contributed by atoms with Crippen LogP contribution in [-0.4, -0.2) is 36.2 Å². The fourth-order valence-corrected chi connectivity index (χ4v) is 1.53. The fraction of sp³-hybridized carbons (Fsp3) is 1.00. The first-order valence-electron chi connectivity index (χ1n) is 5.53. The van der Waals surface area contributed by atoms with Crippen LogP contribution in [0, 0.1) is 0 Å². The summed E-state index contributed by atoms with van der Waals surface area (Å²) in [4.78, 5) is 2.20. The first-order valence-corrected chi connectivity index (χ1v) is 5.53. The molecule has 1 N–H and O–H groups in total. The van der Waals surface area contributed by atoms with Gasteiger partial charge in [-0.15, -0.1) is 0 Å². The van der Waals surface area contributed by atoms with Crippen LogP contribution in [0.3, 0.4) is 0 Å². The zero-order valence-electron chi connectivity index (χ0n) is 9.42. The molecule has 13 heavy (non-hydrogen) atoms. The average molecular weight is 187 g/mol. The van der Waals surface area contributed by atoms with Crippen molar-refractivity contribution in [2.24, 2.45) is 0 Å². The van der Waals surface area contributed by atoms with Gasteiger partial charge in [0.15, 0.2) is 0 Å². The van der Waals surface area contributed by atoms with Crippen molar-refractivity contribution in [1.82, 2.24) is 4.90 Å². The van der Waals surface area contributed by atoms with Crippen LogP contribution in [0.1, 0.15) is 46.0 Å². The van der Waals surface area contributed by atoms with E-state index >= 15 is 0 Å². The van der Waals surface area contributed by atoms with Gasteiger partial charge in [0.25, 0.3) is 0 Å². The van der Waals surface area contributed by atoms with Gasteiger partial charge in [0.05, 0.1) is 6.10 Å². The molecule has 0 aliphatic rings. The number of rotatable bonds is 8. The molecule has 0 bridgehead atoms. The normalized spacial score (nSPS) is 13.6. The molecule has 0 amide bonds. The van der Waals surface area contributed by atoms with E-state index in [9.17, 15) is 0 Å². The fourth-order valence-electron chi connectivity index (χ4n) is 1.53. The number of unbranched alkanes of at least 4 members (excludes halogenated alkanes) is 4. The molecule has 1 unspecified atom stereocenters. The summed E-state index contributed by atoms with van der Waals surface area (Å²) in [5.41, 5.74) is 0. The molecule has 0 heterocycles. The Kier molecular flexibility index (Phi) is 8.46. The van der Waals surface area contributed by atoms with E-state index < -0.39 is 0 Å². The van der Waals surface area contributed by atoms with Gasteiger partial charge in [-0.25, -0.2) is 0 Å². The molecule has 80 valence electrons. The summed E-state index contributed by atoms with van der Waals surface area (Å²) in [5, 5.41) is 9.12. The third-order valence-corrected chi connectivity index (χ3v) is 2.22. The zero-order chi connectivity index (χ0) is 10.1. The lowest BCUT2D eigenvalue weighted by Gasteiger charge is -2.17. The molecule has 0 rings (SSSR count). The third-order valence-electron chi connectivity index (χ3n) is 2.22. The lowest BCUT2D eigenvalue weighted by molar-refractivity contribution is 0.140. The lowest BCUT2D eigenvalue weighted by atomic mass is 10.1. The van der Waals surface area contributed by atoms with E-state index in [2.05, 4.69) is 18.9 Å². The number of nitrogens with zero attached hydrogens (tertiary/aromatic N) is 1. The number of hydrogen-bond acceptors (Lipinski definition) is 2. The number of hydrogen-bond donors (Lipinski definition) is 1. The van der Waals surface area contributed by atoms with E-state index in [1.54, 1.807) is 0 Å². The van der Waals surface area contributed by atoms with Crippen molar-refractivity contribution >= 4 is 0 Å². The van der Waals surface area contributed by atoms with Gasteiger partial charge >= 0.3 is 0 Å². The van der Waals surface area contributed by atoms with Crippen LogP contribution < -0.4 is 0 Å². The van der Waals surface area contributed by atoms with Gasteiger partial charge < -0.3 is 10.0 Å². The third kappa shape index (κ3) is 9.84. The molecular formula is C11H25NO. The van der Waals surface area contributed by atoms with Crippen molar-refractivity contribution < 1.29 is 5.11 Å². The summed E-state index contributed by atoms with van der Waals surface area (Å²) in [7, 11) is 2.08. The van der Waals surface area contributed by atoms with Gasteiger partial charge in [-0.2, -0.15) is 0 Å². The molecule has 0 aromatic carbocycles. The molecule has 1 atom stereocenters. The monoisotopic (exact) mass is 187 g/mol. The smallest absolute Gasteiger partial charge is 0.0638 e. The van der Waals surface area contributed by atoms with Crippen LogP contribution in [-0.2, 0) is 0 Å². The number of aliphatic hydroxyl groups excluding tert-OH is 1. The van der Waals surface area contributed by atoms with Crippen molar-refractivity contribution in [3.8, 4) is 0 Å². The van der Waals surface area contributed by atoms with Gasteiger partial charge in [-0.05, 0) is 26.9 Å². The second-order valence-corrected chi connectivity index (χ2v) is 4.03. The molecule has 0 aliphatic heterocycles. The van der Waals surface area contributed by atoms with E-state index in [1.807, 2.05) is 6.92 Å². The minimum absolute atomic E-state index is 0.194.